The Hall–Kier alpha value is -0.0900. The van der Waals surface area contributed by atoms with E-state index in [9.17, 15) is 8.42 Å². The molecule has 1 aliphatic heterocycles. The largest absolute Gasteiger partial charge is 0.301 e. The van der Waals surface area contributed by atoms with Gasteiger partial charge < -0.3 is 4.90 Å². The van der Waals surface area contributed by atoms with E-state index in [1.165, 1.54) is 6.42 Å². The Kier molecular flexibility index (Phi) is 1.97. The number of fused-ring (bicyclic) bond motifs is 1. The Morgan fingerprint density at radius 1 is 1.31 bits per heavy atom. The smallest absolute Gasteiger partial charge is 0.156 e. The molecule has 2 fully saturated rings. The molecule has 0 spiro atoms. The highest BCUT2D eigenvalue weighted by Crippen LogP contribution is 2.46. The lowest BCUT2D eigenvalue weighted by Crippen LogP contribution is -2.70. The summed E-state index contributed by atoms with van der Waals surface area (Å²) >= 11 is 0. The summed E-state index contributed by atoms with van der Waals surface area (Å²) in [5.74, 6) is 0.387. The average Bonchev–Trinajstić information content (AvgIpc) is 2.02. The normalized spacial score (nSPS) is 42.5. The van der Waals surface area contributed by atoms with Gasteiger partial charge in [0.25, 0.3) is 0 Å². The molecule has 0 aromatic heterocycles. The SMILES string of the molecule is CN(C)[C@@]12CCCC[C@H]1S(=O)(=O)C2. The highest BCUT2D eigenvalue weighted by molar-refractivity contribution is 7.93. The number of hydrogen-bond acceptors (Lipinski definition) is 3. The maximum atomic E-state index is 11.5. The molecule has 1 heterocycles. The maximum Gasteiger partial charge on any atom is 0.156 e. The second-order valence-electron chi connectivity index (χ2n) is 4.54. The molecule has 0 bridgehead atoms. The van der Waals surface area contributed by atoms with Crippen molar-refractivity contribution in [2.75, 3.05) is 19.8 Å². The number of rotatable bonds is 1. The van der Waals surface area contributed by atoms with E-state index < -0.39 is 9.84 Å². The van der Waals surface area contributed by atoms with Gasteiger partial charge in [-0.3, -0.25) is 0 Å². The zero-order valence-electron chi connectivity index (χ0n) is 8.28. The Bertz CT molecular complexity index is 310. The molecule has 4 heteroatoms. The van der Waals surface area contributed by atoms with Crippen LogP contribution in [-0.4, -0.2) is 44.0 Å². The summed E-state index contributed by atoms with van der Waals surface area (Å²) < 4.78 is 23.1. The summed E-state index contributed by atoms with van der Waals surface area (Å²) in [6, 6.07) is 0. The fraction of sp³-hybridized carbons (Fsp3) is 1.00. The van der Waals surface area contributed by atoms with Crippen LogP contribution < -0.4 is 0 Å². The highest BCUT2D eigenvalue weighted by Gasteiger charge is 2.59. The summed E-state index contributed by atoms with van der Waals surface area (Å²) in [5.41, 5.74) is -0.00289. The monoisotopic (exact) mass is 203 g/mol. The van der Waals surface area contributed by atoms with Gasteiger partial charge in [0.15, 0.2) is 9.84 Å². The molecule has 2 rings (SSSR count). The van der Waals surface area contributed by atoms with Crippen molar-refractivity contribution in [2.24, 2.45) is 0 Å². The molecule has 2 atom stereocenters. The summed E-state index contributed by atoms with van der Waals surface area (Å²) in [6.07, 6.45) is 4.20. The highest BCUT2D eigenvalue weighted by atomic mass is 32.2. The van der Waals surface area contributed by atoms with E-state index in [4.69, 9.17) is 0 Å². The lowest BCUT2D eigenvalue weighted by molar-refractivity contribution is 0.105. The van der Waals surface area contributed by atoms with Crippen LogP contribution in [0.25, 0.3) is 0 Å². The molecule has 0 amide bonds. The van der Waals surface area contributed by atoms with E-state index >= 15 is 0 Å². The molecule has 0 aromatic carbocycles. The third-order valence-electron chi connectivity index (χ3n) is 3.70. The first-order chi connectivity index (χ1) is 5.99. The van der Waals surface area contributed by atoms with Gasteiger partial charge >= 0.3 is 0 Å². The van der Waals surface area contributed by atoms with Gasteiger partial charge in [0.2, 0.25) is 0 Å². The predicted octanol–water partition coefficient (Wildman–Crippen LogP) is 0.658. The van der Waals surface area contributed by atoms with Gasteiger partial charge in [0.05, 0.1) is 16.5 Å². The van der Waals surface area contributed by atoms with Crippen molar-refractivity contribution in [2.45, 2.75) is 36.5 Å². The molecular weight excluding hydrogens is 186 g/mol. The summed E-state index contributed by atoms with van der Waals surface area (Å²) in [6.45, 7) is 0. The van der Waals surface area contributed by atoms with Crippen LogP contribution in [0.15, 0.2) is 0 Å². The first kappa shape index (κ1) is 9.46. The van der Waals surface area contributed by atoms with E-state index in [1.807, 2.05) is 14.1 Å². The molecule has 2 aliphatic rings. The minimum Gasteiger partial charge on any atom is -0.301 e. The van der Waals surface area contributed by atoms with Crippen LogP contribution in [0.2, 0.25) is 0 Å². The van der Waals surface area contributed by atoms with E-state index in [2.05, 4.69) is 4.90 Å². The molecule has 13 heavy (non-hydrogen) atoms. The van der Waals surface area contributed by atoms with Crippen LogP contribution in [0, 0.1) is 0 Å². The average molecular weight is 203 g/mol. The molecule has 76 valence electrons. The minimum atomic E-state index is -2.73. The molecule has 3 nitrogen and oxygen atoms in total. The van der Waals surface area contributed by atoms with Crippen molar-refractivity contribution < 1.29 is 8.42 Å². The quantitative estimate of drug-likeness (QED) is 0.628. The number of hydrogen-bond donors (Lipinski definition) is 0. The third kappa shape index (κ3) is 1.15. The van der Waals surface area contributed by atoms with Crippen molar-refractivity contribution >= 4 is 9.84 Å². The zero-order valence-corrected chi connectivity index (χ0v) is 9.10. The first-order valence-electron chi connectivity index (χ1n) is 4.88. The van der Waals surface area contributed by atoms with Crippen LogP contribution in [-0.2, 0) is 9.84 Å². The third-order valence-corrected chi connectivity index (χ3v) is 6.14. The molecule has 1 saturated heterocycles. The molecule has 1 saturated carbocycles. The van der Waals surface area contributed by atoms with Crippen LogP contribution in [0.3, 0.4) is 0 Å². The van der Waals surface area contributed by atoms with Gasteiger partial charge in [-0.15, -0.1) is 0 Å². The summed E-state index contributed by atoms with van der Waals surface area (Å²) in [5, 5.41) is -0.0660. The Balaban J connectivity index is 2.29. The van der Waals surface area contributed by atoms with Crippen molar-refractivity contribution in [1.82, 2.24) is 4.90 Å². The van der Waals surface area contributed by atoms with E-state index in [0.29, 0.717) is 5.75 Å². The molecule has 0 unspecified atom stereocenters. The van der Waals surface area contributed by atoms with Gasteiger partial charge in [0.1, 0.15) is 0 Å². The van der Waals surface area contributed by atoms with Gasteiger partial charge in [-0.25, -0.2) is 8.42 Å². The standard InChI is InChI=1S/C9H17NO2S/c1-10(2)9-6-4-3-5-8(9)13(11,12)7-9/h8H,3-7H2,1-2H3/t8-,9-/m1/s1. The molecule has 0 N–H and O–H groups in total. The van der Waals surface area contributed by atoms with Gasteiger partial charge in [0, 0.05) is 0 Å². The first-order valence-corrected chi connectivity index (χ1v) is 6.60. The van der Waals surface area contributed by atoms with Gasteiger partial charge in [-0.2, -0.15) is 0 Å². The molecule has 0 aromatic rings. The Labute approximate surface area is 80.0 Å². The topological polar surface area (TPSA) is 37.4 Å². The second kappa shape index (κ2) is 2.70. The summed E-state index contributed by atoms with van der Waals surface area (Å²) in [7, 11) is 1.29. The lowest BCUT2D eigenvalue weighted by Gasteiger charge is -2.55. The Morgan fingerprint density at radius 3 is 2.46 bits per heavy atom. The van der Waals surface area contributed by atoms with Crippen molar-refractivity contribution in [3.63, 3.8) is 0 Å². The van der Waals surface area contributed by atoms with Crippen molar-refractivity contribution in [3.8, 4) is 0 Å². The van der Waals surface area contributed by atoms with E-state index in [-0.39, 0.29) is 10.8 Å². The Morgan fingerprint density at radius 2 is 2.00 bits per heavy atom. The van der Waals surface area contributed by atoms with Crippen LogP contribution in [0.5, 0.6) is 0 Å². The number of nitrogens with zero attached hydrogens (tertiary/aromatic N) is 1. The van der Waals surface area contributed by atoms with E-state index in [1.54, 1.807) is 0 Å². The zero-order chi connectivity index (χ0) is 9.69. The fourth-order valence-electron chi connectivity index (χ4n) is 2.86. The summed E-state index contributed by atoms with van der Waals surface area (Å²) in [4.78, 5) is 2.12. The fourth-order valence-corrected chi connectivity index (χ4v) is 5.67. The van der Waals surface area contributed by atoms with E-state index in [0.717, 1.165) is 19.3 Å². The van der Waals surface area contributed by atoms with Gasteiger partial charge in [-0.1, -0.05) is 12.8 Å². The van der Waals surface area contributed by atoms with Crippen LogP contribution in [0.4, 0.5) is 0 Å². The van der Waals surface area contributed by atoms with Crippen LogP contribution >= 0.6 is 0 Å². The van der Waals surface area contributed by atoms with Gasteiger partial charge in [-0.05, 0) is 26.9 Å². The molecule has 0 radical (unpaired) electrons. The maximum absolute atomic E-state index is 11.5. The predicted molar refractivity (Wildman–Crippen MR) is 52.5 cm³/mol. The second-order valence-corrected chi connectivity index (χ2v) is 6.72. The number of sulfone groups is 1. The molecule has 1 aliphatic carbocycles. The minimum absolute atomic E-state index is 0.00289. The van der Waals surface area contributed by atoms with Crippen molar-refractivity contribution in [3.05, 3.63) is 0 Å². The van der Waals surface area contributed by atoms with Crippen LogP contribution in [0.1, 0.15) is 25.7 Å². The molecular formula is C9H17NO2S. The van der Waals surface area contributed by atoms with Crippen molar-refractivity contribution in [1.29, 1.82) is 0 Å². The lowest BCUT2D eigenvalue weighted by atomic mass is 9.80.